The molecule has 0 bridgehead atoms. The zero-order valence-corrected chi connectivity index (χ0v) is 7.18. The summed E-state index contributed by atoms with van der Waals surface area (Å²) < 4.78 is 0. The van der Waals surface area contributed by atoms with E-state index in [0.29, 0.717) is 0 Å². The zero-order chi connectivity index (χ0) is 8.27. The quantitative estimate of drug-likeness (QED) is 0.648. The third-order valence-corrected chi connectivity index (χ3v) is 2.76. The molecule has 0 aromatic rings. The van der Waals surface area contributed by atoms with Gasteiger partial charge in [0, 0.05) is 5.92 Å². The first kappa shape index (κ1) is 8.57. The smallest absolute Gasteiger partial charge is 0.220 e. The molecule has 1 fully saturated rings. The Kier molecular flexibility index (Phi) is 2.92. The highest BCUT2D eigenvalue weighted by Crippen LogP contribution is 2.30. The van der Waals surface area contributed by atoms with Gasteiger partial charge in [-0.25, -0.2) is 0 Å². The molecule has 1 aliphatic rings. The van der Waals surface area contributed by atoms with E-state index in [1.807, 2.05) is 0 Å². The second-order valence-electron chi connectivity index (χ2n) is 3.54. The van der Waals surface area contributed by atoms with E-state index in [9.17, 15) is 4.79 Å². The molecular weight excluding hydrogens is 138 g/mol. The van der Waals surface area contributed by atoms with Gasteiger partial charge in [0.1, 0.15) is 0 Å². The number of nitrogens with two attached hydrogens (primary N) is 1. The predicted octanol–water partition coefficient (Wildman–Crippen LogP) is 1.69. The van der Waals surface area contributed by atoms with E-state index in [-0.39, 0.29) is 11.8 Å². The molecule has 0 radical (unpaired) electrons. The highest BCUT2D eigenvalue weighted by Gasteiger charge is 2.24. The molecule has 1 saturated carbocycles. The third kappa shape index (κ3) is 2.21. The van der Waals surface area contributed by atoms with E-state index >= 15 is 0 Å². The van der Waals surface area contributed by atoms with Gasteiger partial charge in [-0.2, -0.15) is 0 Å². The van der Waals surface area contributed by atoms with Crippen LogP contribution < -0.4 is 5.73 Å². The van der Waals surface area contributed by atoms with Crippen molar-refractivity contribution in [3.63, 3.8) is 0 Å². The van der Waals surface area contributed by atoms with Gasteiger partial charge in [-0.1, -0.05) is 26.2 Å². The number of hydrogen-bond acceptors (Lipinski definition) is 1. The highest BCUT2D eigenvalue weighted by atomic mass is 16.1. The minimum atomic E-state index is -0.0943. The monoisotopic (exact) mass is 155 g/mol. The fourth-order valence-electron chi connectivity index (χ4n) is 1.92. The van der Waals surface area contributed by atoms with Crippen LogP contribution in [0.3, 0.4) is 0 Å². The van der Waals surface area contributed by atoms with Gasteiger partial charge >= 0.3 is 0 Å². The summed E-state index contributed by atoms with van der Waals surface area (Å²) in [5.41, 5.74) is 5.25. The van der Waals surface area contributed by atoms with Crippen molar-refractivity contribution in [3.8, 4) is 0 Å². The normalized spacial score (nSPS) is 31.7. The van der Waals surface area contributed by atoms with Gasteiger partial charge in [0.25, 0.3) is 0 Å². The lowest BCUT2D eigenvalue weighted by atomic mass is 9.80. The van der Waals surface area contributed by atoms with Crippen LogP contribution in [0.1, 0.15) is 39.0 Å². The van der Waals surface area contributed by atoms with Crippen molar-refractivity contribution in [1.29, 1.82) is 0 Å². The fourth-order valence-corrected chi connectivity index (χ4v) is 1.92. The maximum Gasteiger partial charge on any atom is 0.220 e. The molecule has 2 heteroatoms. The number of rotatable bonds is 2. The first-order chi connectivity index (χ1) is 5.24. The summed E-state index contributed by atoms with van der Waals surface area (Å²) in [5.74, 6) is 0.832. The minimum absolute atomic E-state index is 0.0943. The molecule has 0 aromatic carbocycles. The van der Waals surface area contributed by atoms with Crippen molar-refractivity contribution >= 4 is 5.91 Å². The van der Waals surface area contributed by atoms with Crippen molar-refractivity contribution in [1.82, 2.24) is 0 Å². The molecule has 1 amide bonds. The first-order valence-corrected chi connectivity index (χ1v) is 4.53. The Bertz CT molecular complexity index is 144. The summed E-state index contributed by atoms with van der Waals surface area (Å²) in [5, 5.41) is 0. The number of amides is 1. The largest absolute Gasteiger partial charge is 0.369 e. The number of carbonyl (C=O) groups excluding carboxylic acids is 1. The molecule has 0 aliphatic heterocycles. The van der Waals surface area contributed by atoms with Crippen molar-refractivity contribution in [2.75, 3.05) is 0 Å². The van der Waals surface area contributed by atoms with Crippen LogP contribution in [-0.4, -0.2) is 5.91 Å². The van der Waals surface area contributed by atoms with E-state index in [2.05, 4.69) is 6.92 Å². The summed E-state index contributed by atoms with van der Waals surface area (Å²) in [6.07, 6.45) is 5.73. The first-order valence-electron chi connectivity index (χ1n) is 4.53. The molecular formula is C9H17NO. The van der Waals surface area contributed by atoms with Crippen LogP contribution in [0.15, 0.2) is 0 Å². The van der Waals surface area contributed by atoms with Crippen molar-refractivity contribution in [2.45, 2.75) is 39.0 Å². The molecule has 64 valence electrons. The van der Waals surface area contributed by atoms with Gasteiger partial charge in [0.2, 0.25) is 5.91 Å². The Morgan fingerprint density at radius 1 is 1.55 bits per heavy atom. The maximum atomic E-state index is 10.8. The summed E-state index contributed by atoms with van der Waals surface area (Å²) in [6.45, 7) is 2.19. The molecule has 1 rings (SSSR count). The van der Waals surface area contributed by atoms with Gasteiger partial charge in [0.15, 0.2) is 0 Å². The Balaban J connectivity index is 2.39. The molecule has 0 spiro atoms. The number of hydrogen-bond donors (Lipinski definition) is 1. The van der Waals surface area contributed by atoms with Crippen molar-refractivity contribution in [2.24, 2.45) is 17.6 Å². The topological polar surface area (TPSA) is 43.1 Å². The highest BCUT2D eigenvalue weighted by molar-refractivity contribution is 5.76. The van der Waals surface area contributed by atoms with Gasteiger partial charge in [0.05, 0.1) is 0 Å². The molecule has 0 saturated heterocycles. The zero-order valence-electron chi connectivity index (χ0n) is 7.18. The van der Waals surface area contributed by atoms with E-state index in [4.69, 9.17) is 5.73 Å². The lowest BCUT2D eigenvalue weighted by molar-refractivity contribution is -0.123. The molecule has 11 heavy (non-hydrogen) atoms. The van der Waals surface area contributed by atoms with E-state index in [1.54, 1.807) is 0 Å². The summed E-state index contributed by atoms with van der Waals surface area (Å²) in [4.78, 5) is 10.8. The van der Waals surface area contributed by atoms with Gasteiger partial charge < -0.3 is 5.73 Å². The Hall–Kier alpha value is -0.530. The van der Waals surface area contributed by atoms with Gasteiger partial charge in [-0.3, -0.25) is 4.79 Å². The SMILES string of the molecule is CCC1CCCC(C(N)=O)C1. The van der Waals surface area contributed by atoms with Gasteiger partial charge in [-0.15, -0.1) is 0 Å². The molecule has 1 aliphatic carbocycles. The predicted molar refractivity (Wildman–Crippen MR) is 44.9 cm³/mol. The fraction of sp³-hybridized carbons (Fsp3) is 0.889. The molecule has 0 heterocycles. The Morgan fingerprint density at radius 3 is 2.82 bits per heavy atom. The van der Waals surface area contributed by atoms with E-state index < -0.39 is 0 Å². The summed E-state index contributed by atoms with van der Waals surface area (Å²) in [6, 6.07) is 0. The maximum absolute atomic E-state index is 10.8. The molecule has 2 atom stereocenters. The number of carbonyl (C=O) groups is 1. The number of primary amides is 1. The third-order valence-electron chi connectivity index (χ3n) is 2.76. The van der Waals surface area contributed by atoms with E-state index in [1.165, 1.54) is 19.3 Å². The van der Waals surface area contributed by atoms with Crippen molar-refractivity contribution < 1.29 is 4.79 Å². The molecule has 2 nitrogen and oxygen atoms in total. The van der Waals surface area contributed by atoms with Crippen LogP contribution >= 0.6 is 0 Å². The standard InChI is InChI=1S/C9H17NO/c1-2-7-4-3-5-8(6-7)9(10)11/h7-8H,2-6H2,1H3,(H2,10,11). The van der Waals surface area contributed by atoms with Crippen LogP contribution in [-0.2, 0) is 4.79 Å². The average molecular weight is 155 g/mol. The van der Waals surface area contributed by atoms with Gasteiger partial charge in [-0.05, 0) is 18.8 Å². The summed E-state index contributed by atoms with van der Waals surface area (Å²) in [7, 11) is 0. The Morgan fingerprint density at radius 2 is 2.27 bits per heavy atom. The molecule has 2 N–H and O–H groups in total. The van der Waals surface area contributed by atoms with E-state index in [0.717, 1.165) is 18.8 Å². The lowest BCUT2D eigenvalue weighted by Crippen LogP contribution is -2.28. The van der Waals surface area contributed by atoms with Crippen molar-refractivity contribution in [3.05, 3.63) is 0 Å². The lowest BCUT2D eigenvalue weighted by Gasteiger charge is -2.25. The molecule has 0 aromatic heterocycles. The summed E-state index contributed by atoms with van der Waals surface area (Å²) >= 11 is 0. The second-order valence-corrected chi connectivity index (χ2v) is 3.54. The van der Waals surface area contributed by atoms with Crippen LogP contribution in [0, 0.1) is 11.8 Å². The average Bonchev–Trinajstić information content (AvgIpc) is 2.05. The van der Waals surface area contributed by atoms with Crippen LogP contribution in [0.25, 0.3) is 0 Å². The second kappa shape index (κ2) is 3.74. The van der Waals surface area contributed by atoms with Crippen LogP contribution in [0.4, 0.5) is 0 Å². The van der Waals surface area contributed by atoms with Crippen LogP contribution in [0.2, 0.25) is 0 Å². The molecule has 2 unspecified atom stereocenters. The minimum Gasteiger partial charge on any atom is -0.369 e. The Labute approximate surface area is 68.2 Å². The van der Waals surface area contributed by atoms with Crippen LogP contribution in [0.5, 0.6) is 0 Å².